The van der Waals surface area contributed by atoms with Gasteiger partial charge in [0.2, 0.25) is 0 Å². The molecule has 5 nitrogen and oxygen atoms in total. The Morgan fingerprint density at radius 3 is 2.48 bits per heavy atom. The van der Waals surface area contributed by atoms with Crippen molar-refractivity contribution in [2.24, 2.45) is 0 Å². The number of aromatic nitrogens is 1. The number of likely N-dealkylation sites (tertiary alicyclic amines) is 1. The fourth-order valence-electron chi connectivity index (χ4n) is 5.06. The van der Waals surface area contributed by atoms with Gasteiger partial charge in [-0.1, -0.05) is 38.1 Å². The van der Waals surface area contributed by atoms with E-state index in [1.54, 1.807) is 0 Å². The van der Waals surface area contributed by atoms with Crippen LogP contribution in [0.5, 0.6) is 0 Å². The van der Waals surface area contributed by atoms with Crippen molar-refractivity contribution in [3.63, 3.8) is 0 Å². The van der Waals surface area contributed by atoms with Crippen LogP contribution >= 0.6 is 11.8 Å². The first-order valence-electron chi connectivity index (χ1n) is 12.4. The molecule has 4 rings (SSSR count). The zero-order chi connectivity index (χ0) is 23.4. The van der Waals surface area contributed by atoms with E-state index < -0.39 is 0 Å². The van der Waals surface area contributed by atoms with Gasteiger partial charge in [0.1, 0.15) is 0 Å². The molecule has 1 aromatic heterocycles. The lowest BCUT2D eigenvalue weighted by Gasteiger charge is -2.45. The largest absolute Gasteiger partial charge is 0.339 e. The molecule has 33 heavy (non-hydrogen) atoms. The first kappa shape index (κ1) is 24.2. The third-order valence-electron chi connectivity index (χ3n) is 6.98. The van der Waals surface area contributed by atoms with Crippen molar-refractivity contribution in [3.05, 3.63) is 59.3 Å². The lowest BCUT2D eigenvalue weighted by Crippen LogP contribution is -2.56. The minimum absolute atomic E-state index is 0.191. The average Bonchev–Trinajstić information content (AvgIpc) is 2.81. The first-order chi connectivity index (χ1) is 15.9. The van der Waals surface area contributed by atoms with Crippen LogP contribution in [0.2, 0.25) is 0 Å². The molecule has 178 valence electrons. The van der Waals surface area contributed by atoms with Crippen molar-refractivity contribution in [2.75, 3.05) is 32.7 Å². The zero-order valence-electron chi connectivity index (χ0n) is 20.5. The van der Waals surface area contributed by atoms with E-state index in [0.717, 1.165) is 68.3 Å². The molecule has 0 radical (unpaired) electrons. The summed E-state index contributed by atoms with van der Waals surface area (Å²) in [4.78, 5) is 24.9. The molecule has 2 aliphatic heterocycles. The van der Waals surface area contributed by atoms with E-state index in [1.165, 1.54) is 5.56 Å². The Morgan fingerprint density at radius 1 is 1.09 bits per heavy atom. The highest BCUT2D eigenvalue weighted by molar-refractivity contribution is 7.99. The SMILES string of the molecule is Cc1ccccc1C(=O)N1CCC(N2CCN(Cc3ccc(SC(C)C)nc3)[C@H](C)C2)CC1. The molecule has 3 heterocycles. The number of benzene rings is 1. The molecule has 0 unspecified atom stereocenters. The number of pyridine rings is 1. The summed E-state index contributed by atoms with van der Waals surface area (Å²) in [5, 5.41) is 1.67. The minimum Gasteiger partial charge on any atom is -0.339 e. The number of aryl methyl sites for hydroxylation is 1. The van der Waals surface area contributed by atoms with Gasteiger partial charge in [0, 0.05) is 68.4 Å². The predicted molar refractivity (Wildman–Crippen MR) is 137 cm³/mol. The molecule has 2 aliphatic rings. The highest BCUT2D eigenvalue weighted by Gasteiger charge is 2.32. The van der Waals surface area contributed by atoms with Gasteiger partial charge in [-0.25, -0.2) is 4.98 Å². The maximum atomic E-state index is 12.9. The van der Waals surface area contributed by atoms with Gasteiger partial charge in [-0.2, -0.15) is 0 Å². The standard InChI is InChI=1S/C27H38N4OS/c1-20(2)33-26-10-9-23(17-28-26)19-30-15-16-31(18-22(30)4)24-11-13-29(14-12-24)27(32)25-8-6-5-7-21(25)3/h5-10,17,20,22,24H,11-16,18-19H2,1-4H3/t22-/m1/s1. The monoisotopic (exact) mass is 466 g/mol. The van der Waals surface area contributed by atoms with Crippen LogP contribution in [-0.4, -0.2) is 75.6 Å². The second-order valence-corrected chi connectivity index (χ2v) is 11.4. The van der Waals surface area contributed by atoms with E-state index in [0.29, 0.717) is 17.3 Å². The van der Waals surface area contributed by atoms with Crippen LogP contribution in [-0.2, 0) is 6.54 Å². The van der Waals surface area contributed by atoms with Crippen molar-refractivity contribution < 1.29 is 4.79 Å². The van der Waals surface area contributed by atoms with Gasteiger partial charge in [-0.05, 0) is 49.9 Å². The summed E-state index contributed by atoms with van der Waals surface area (Å²) in [7, 11) is 0. The van der Waals surface area contributed by atoms with Crippen LogP contribution in [0.25, 0.3) is 0 Å². The topological polar surface area (TPSA) is 39.7 Å². The van der Waals surface area contributed by atoms with E-state index in [9.17, 15) is 4.79 Å². The molecular weight excluding hydrogens is 428 g/mol. The van der Waals surface area contributed by atoms with Crippen LogP contribution in [0.3, 0.4) is 0 Å². The number of rotatable bonds is 6. The van der Waals surface area contributed by atoms with E-state index in [2.05, 4.69) is 47.7 Å². The number of piperazine rings is 1. The van der Waals surface area contributed by atoms with E-state index in [4.69, 9.17) is 0 Å². The fraction of sp³-hybridized carbons (Fsp3) is 0.556. The van der Waals surface area contributed by atoms with Crippen molar-refractivity contribution in [1.82, 2.24) is 19.7 Å². The minimum atomic E-state index is 0.191. The highest BCUT2D eigenvalue weighted by atomic mass is 32.2. The molecule has 0 spiro atoms. The number of nitrogens with zero attached hydrogens (tertiary/aromatic N) is 4. The summed E-state index contributed by atoms with van der Waals surface area (Å²) < 4.78 is 0. The molecule has 1 aromatic carbocycles. The van der Waals surface area contributed by atoms with E-state index >= 15 is 0 Å². The molecule has 0 aliphatic carbocycles. The Balaban J connectivity index is 1.25. The Kier molecular flexibility index (Phi) is 8.10. The van der Waals surface area contributed by atoms with Crippen LogP contribution in [0.4, 0.5) is 0 Å². The summed E-state index contributed by atoms with van der Waals surface area (Å²) in [5.74, 6) is 0.191. The summed E-state index contributed by atoms with van der Waals surface area (Å²) in [5.41, 5.74) is 3.22. The third-order valence-corrected chi connectivity index (χ3v) is 7.93. The van der Waals surface area contributed by atoms with Gasteiger partial charge in [0.25, 0.3) is 5.91 Å². The number of hydrogen-bond donors (Lipinski definition) is 0. The van der Waals surface area contributed by atoms with Crippen LogP contribution in [0.1, 0.15) is 55.1 Å². The second-order valence-electron chi connectivity index (χ2n) is 9.82. The Morgan fingerprint density at radius 2 is 1.85 bits per heavy atom. The maximum Gasteiger partial charge on any atom is 0.254 e. The molecule has 0 N–H and O–H groups in total. The molecule has 2 fully saturated rings. The van der Waals surface area contributed by atoms with Crippen LogP contribution < -0.4 is 0 Å². The van der Waals surface area contributed by atoms with Gasteiger partial charge in [-0.15, -0.1) is 11.8 Å². The number of carbonyl (C=O) groups is 1. The van der Waals surface area contributed by atoms with Crippen molar-refractivity contribution >= 4 is 17.7 Å². The van der Waals surface area contributed by atoms with Gasteiger partial charge in [0.05, 0.1) is 5.03 Å². The molecular formula is C27H38N4OS. The second kappa shape index (κ2) is 11.0. The lowest BCUT2D eigenvalue weighted by atomic mass is 9.99. The first-order valence-corrected chi connectivity index (χ1v) is 13.2. The quantitative estimate of drug-likeness (QED) is 0.577. The summed E-state index contributed by atoms with van der Waals surface area (Å²) >= 11 is 1.82. The maximum absolute atomic E-state index is 12.9. The van der Waals surface area contributed by atoms with Gasteiger partial charge < -0.3 is 4.90 Å². The summed E-state index contributed by atoms with van der Waals surface area (Å²) in [6, 6.07) is 13.4. The van der Waals surface area contributed by atoms with Gasteiger partial charge in [-0.3, -0.25) is 14.6 Å². The van der Waals surface area contributed by atoms with Gasteiger partial charge in [0.15, 0.2) is 0 Å². The molecule has 1 amide bonds. The molecule has 0 bridgehead atoms. The Bertz CT molecular complexity index is 924. The Hall–Kier alpha value is -1.89. The number of thioether (sulfide) groups is 1. The van der Waals surface area contributed by atoms with Crippen LogP contribution in [0.15, 0.2) is 47.6 Å². The number of amides is 1. The number of piperidine rings is 1. The molecule has 2 saturated heterocycles. The van der Waals surface area contributed by atoms with Crippen molar-refractivity contribution in [1.29, 1.82) is 0 Å². The summed E-state index contributed by atoms with van der Waals surface area (Å²) in [6.45, 7) is 14.8. The van der Waals surface area contributed by atoms with Crippen molar-refractivity contribution in [3.8, 4) is 0 Å². The molecule has 1 atom stereocenters. The number of carbonyl (C=O) groups excluding carboxylic acids is 1. The van der Waals surface area contributed by atoms with E-state index in [-0.39, 0.29) is 5.91 Å². The normalized spacial score (nSPS) is 21.0. The molecule has 0 saturated carbocycles. The fourth-order valence-corrected chi connectivity index (χ4v) is 5.80. The summed E-state index contributed by atoms with van der Waals surface area (Å²) in [6.07, 6.45) is 4.19. The Labute approximate surface area is 203 Å². The number of hydrogen-bond acceptors (Lipinski definition) is 5. The van der Waals surface area contributed by atoms with E-state index in [1.807, 2.05) is 54.0 Å². The average molecular weight is 467 g/mol. The van der Waals surface area contributed by atoms with Gasteiger partial charge >= 0.3 is 0 Å². The zero-order valence-corrected chi connectivity index (χ0v) is 21.4. The molecule has 6 heteroatoms. The lowest BCUT2D eigenvalue weighted by molar-refractivity contribution is 0.0258. The predicted octanol–water partition coefficient (Wildman–Crippen LogP) is 4.70. The third kappa shape index (κ3) is 6.17. The van der Waals surface area contributed by atoms with Crippen molar-refractivity contribution in [2.45, 2.75) is 69.4 Å². The van der Waals surface area contributed by atoms with Crippen LogP contribution in [0, 0.1) is 6.92 Å². The smallest absolute Gasteiger partial charge is 0.254 e. The molecule has 2 aromatic rings. The highest BCUT2D eigenvalue weighted by Crippen LogP contribution is 2.24.